The smallest absolute Gasteiger partial charge is 0.134 e. The Morgan fingerprint density at radius 3 is 1.82 bits per heavy atom. The summed E-state index contributed by atoms with van der Waals surface area (Å²) in [4.78, 5) is 0. The first-order valence-electron chi connectivity index (χ1n) is 12.6. The van der Waals surface area contributed by atoms with Gasteiger partial charge in [0.1, 0.15) is 5.82 Å². The summed E-state index contributed by atoms with van der Waals surface area (Å²) in [7, 11) is 0. The van der Waals surface area contributed by atoms with Crippen molar-refractivity contribution in [3.05, 3.63) is 118 Å². The van der Waals surface area contributed by atoms with Crippen molar-refractivity contribution in [2.45, 2.75) is 58.8 Å². The Bertz CT molecular complexity index is 1280. The lowest BCUT2D eigenvalue weighted by Gasteiger charge is -2.06. The van der Waals surface area contributed by atoms with Crippen LogP contribution in [0.5, 0.6) is 0 Å². The molecule has 0 aromatic heterocycles. The Hall–Kier alpha value is -3.37. The predicted molar refractivity (Wildman–Crippen MR) is 143 cm³/mol. The highest BCUT2D eigenvalue weighted by atomic mass is 19.1. The minimum absolute atomic E-state index is 0.0852. The van der Waals surface area contributed by atoms with Crippen LogP contribution in [0.2, 0.25) is 0 Å². The van der Waals surface area contributed by atoms with E-state index in [1.54, 1.807) is 0 Å². The molecule has 0 saturated carbocycles. The Balaban J connectivity index is 1.39. The van der Waals surface area contributed by atoms with Crippen molar-refractivity contribution >= 4 is 10.8 Å². The van der Waals surface area contributed by atoms with Crippen LogP contribution >= 0.6 is 0 Å². The maximum absolute atomic E-state index is 14.8. The molecule has 0 fully saturated rings. The molecule has 0 bridgehead atoms. The van der Waals surface area contributed by atoms with Gasteiger partial charge in [-0.2, -0.15) is 0 Å². The molecule has 0 aliphatic heterocycles. The summed E-state index contributed by atoms with van der Waals surface area (Å²) in [6.07, 6.45) is 7.28. The molecule has 0 spiro atoms. The van der Waals surface area contributed by atoms with Gasteiger partial charge in [0.15, 0.2) is 0 Å². The normalized spacial score (nSPS) is 10.8. The van der Waals surface area contributed by atoms with E-state index in [1.807, 2.05) is 30.3 Å². The molecular weight excluding hydrogens is 415 g/mol. The van der Waals surface area contributed by atoms with Crippen molar-refractivity contribution in [2.24, 2.45) is 0 Å². The van der Waals surface area contributed by atoms with Crippen molar-refractivity contribution in [3.63, 3.8) is 0 Å². The van der Waals surface area contributed by atoms with Gasteiger partial charge in [0.25, 0.3) is 0 Å². The van der Waals surface area contributed by atoms with E-state index in [-0.39, 0.29) is 5.82 Å². The van der Waals surface area contributed by atoms with Gasteiger partial charge in [0.05, 0.1) is 0 Å². The molecule has 0 aliphatic rings. The van der Waals surface area contributed by atoms with Crippen LogP contribution in [0.3, 0.4) is 0 Å². The summed E-state index contributed by atoms with van der Waals surface area (Å²) in [6, 6.07) is 27.2. The summed E-state index contributed by atoms with van der Waals surface area (Å²) in [5, 5.41) is 1.59. The highest BCUT2D eigenvalue weighted by Crippen LogP contribution is 2.23. The molecule has 1 heteroatoms. The summed E-state index contributed by atoms with van der Waals surface area (Å²) in [5.74, 6) is 6.41. The van der Waals surface area contributed by atoms with Gasteiger partial charge in [-0.15, -0.1) is 0 Å². The number of hydrogen-bond acceptors (Lipinski definition) is 0. The molecule has 4 rings (SSSR count). The van der Waals surface area contributed by atoms with E-state index in [0.717, 1.165) is 60.6 Å². The van der Waals surface area contributed by atoms with E-state index >= 15 is 0 Å². The van der Waals surface area contributed by atoms with Crippen LogP contribution in [0.25, 0.3) is 10.8 Å². The van der Waals surface area contributed by atoms with Gasteiger partial charge >= 0.3 is 0 Å². The zero-order valence-corrected chi connectivity index (χ0v) is 20.3. The SMILES string of the molecule is CCCCc1ccc2cc(C#Cc3ccc(CCc4ccc(CCC)cc4)cc3)ccc2c1F. The first-order valence-corrected chi connectivity index (χ1v) is 12.6. The first kappa shape index (κ1) is 23.8. The second-order valence-electron chi connectivity index (χ2n) is 9.09. The van der Waals surface area contributed by atoms with E-state index in [0.29, 0.717) is 5.39 Å². The molecule has 0 radical (unpaired) electrons. The summed E-state index contributed by atoms with van der Waals surface area (Å²) < 4.78 is 14.8. The number of benzene rings is 4. The lowest BCUT2D eigenvalue weighted by atomic mass is 10.00. The summed E-state index contributed by atoms with van der Waals surface area (Å²) in [5.41, 5.74) is 6.83. The number of halogens is 1. The fourth-order valence-electron chi connectivity index (χ4n) is 4.32. The molecular formula is C33H33F. The molecule has 4 aromatic carbocycles. The number of fused-ring (bicyclic) bond motifs is 1. The van der Waals surface area contributed by atoms with E-state index in [2.05, 4.69) is 74.2 Å². The highest BCUT2D eigenvalue weighted by Gasteiger charge is 2.07. The fraction of sp³-hybridized carbons (Fsp3) is 0.273. The van der Waals surface area contributed by atoms with Gasteiger partial charge in [0.2, 0.25) is 0 Å². The molecule has 0 saturated heterocycles. The number of hydrogen-bond donors (Lipinski definition) is 0. The van der Waals surface area contributed by atoms with Crippen LogP contribution < -0.4 is 0 Å². The number of aryl methyl sites for hydroxylation is 4. The molecule has 34 heavy (non-hydrogen) atoms. The third kappa shape index (κ3) is 6.15. The minimum Gasteiger partial charge on any atom is -0.206 e. The highest BCUT2D eigenvalue weighted by molar-refractivity contribution is 5.85. The maximum atomic E-state index is 14.8. The van der Waals surface area contributed by atoms with E-state index in [4.69, 9.17) is 0 Å². The van der Waals surface area contributed by atoms with Crippen LogP contribution in [-0.2, 0) is 25.7 Å². The van der Waals surface area contributed by atoms with Crippen molar-refractivity contribution in [1.29, 1.82) is 0 Å². The topological polar surface area (TPSA) is 0 Å². The zero-order valence-electron chi connectivity index (χ0n) is 20.3. The zero-order chi connectivity index (χ0) is 23.8. The lowest BCUT2D eigenvalue weighted by Crippen LogP contribution is -1.93. The van der Waals surface area contributed by atoms with E-state index in [1.165, 1.54) is 23.1 Å². The Kier molecular flexibility index (Phi) is 8.16. The number of rotatable bonds is 8. The van der Waals surface area contributed by atoms with Crippen LogP contribution in [0.15, 0.2) is 78.9 Å². The molecule has 0 atom stereocenters. The van der Waals surface area contributed by atoms with Gasteiger partial charge < -0.3 is 0 Å². The quantitative estimate of drug-likeness (QED) is 0.237. The maximum Gasteiger partial charge on any atom is 0.134 e. The molecule has 0 N–H and O–H groups in total. The predicted octanol–water partition coefficient (Wildman–Crippen LogP) is 8.46. The third-order valence-electron chi connectivity index (χ3n) is 6.40. The summed E-state index contributed by atoms with van der Waals surface area (Å²) in [6.45, 7) is 4.35. The average Bonchev–Trinajstić information content (AvgIpc) is 2.87. The average molecular weight is 449 g/mol. The van der Waals surface area contributed by atoms with Crippen molar-refractivity contribution in [3.8, 4) is 11.8 Å². The molecule has 172 valence electrons. The van der Waals surface area contributed by atoms with E-state index < -0.39 is 0 Å². The molecule has 0 aliphatic carbocycles. The van der Waals surface area contributed by atoms with Crippen LogP contribution in [0, 0.1) is 17.7 Å². The first-order chi connectivity index (χ1) is 16.7. The monoisotopic (exact) mass is 448 g/mol. The third-order valence-corrected chi connectivity index (χ3v) is 6.40. The summed E-state index contributed by atoms with van der Waals surface area (Å²) >= 11 is 0. The van der Waals surface area contributed by atoms with Gasteiger partial charge in [-0.3, -0.25) is 0 Å². The van der Waals surface area contributed by atoms with Gasteiger partial charge in [-0.1, -0.05) is 93.1 Å². The standard InChI is InChI=1S/C33H33F/c1-3-5-7-30-21-22-31-24-29(20-23-32(31)33(30)34)19-18-28-16-14-27(15-17-28)13-12-26-10-8-25(6-4-2)9-11-26/h8-11,14-17,20-24H,3-7,12-13H2,1-2H3. The molecule has 0 nitrogen and oxygen atoms in total. The van der Waals surface area contributed by atoms with Crippen molar-refractivity contribution < 1.29 is 4.39 Å². The van der Waals surface area contributed by atoms with Crippen molar-refractivity contribution in [1.82, 2.24) is 0 Å². The van der Waals surface area contributed by atoms with Gasteiger partial charge in [-0.25, -0.2) is 4.39 Å². The number of unbranched alkanes of at least 4 members (excludes halogenated alkanes) is 1. The fourth-order valence-corrected chi connectivity index (χ4v) is 4.32. The van der Waals surface area contributed by atoms with Crippen molar-refractivity contribution in [2.75, 3.05) is 0 Å². The second kappa shape index (κ2) is 11.7. The largest absolute Gasteiger partial charge is 0.206 e. The molecule has 0 amide bonds. The Morgan fingerprint density at radius 2 is 1.18 bits per heavy atom. The van der Waals surface area contributed by atoms with Gasteiger partial charge in [-0.05, 0) is 84.0 Å². The van der Waals surface area contributed by atoms with Gasteiger partial charge in [0, 0.05) is 16.5 Å². The van der Waals surface area contributed by atoms with E-state index in [9.17, 15) is 4.39 Å². The minimum atomic E-state index is -0.0852. The molecule has 4 aromatic rings. The molecule has 0 unspecified atom stereocenters. The Labute approximate surface area is 203 Å². The molecule has 0 heterocycles. The second-order valence-corrected chi connectivity index (χ2v) is 9.09. The van der Waals surface area contributed by atoms with Crippen LogP contribution in [0.4, 0.5) is 4.39 Å². The Morgan fingerprint density at radius 1 is 0.588 bits per heavy atom. The van der Waals surface area contributed by atoms with Crippen LogP contribution in [-0.4, -0.2) is 0 Å². The van der Waals surface area contributed by atoms with Crippen LogP contribution in [0.1, 0.15) is 66.5 Å². The lowest BCUT2D eigenvalue weighted by molar-refractivity contribution is 0.614.